The third kappa shape index (κ3) is 4.55. The lowest BCUT2D eigenvalue weighted by atomic mass is 10.1. The van der Waals surface area contributed by atoms with Gasteiger partial charge in [-0.1, -0.05) is 6.07 Å². The molecule has 1 atom stereocenters. The molecule has 3 nitrogen and oxygen atoms in total. The first-order valence-corrected chi connectivity index (χ1v) is 6.50. The molecule has 1 aromatic carbocycles. The van der Waals surface area contributed by atoms with E-state index in [2.05, 4.69) is 17.2 Å². The quantitative estimate of drug-likeness (QED) is 0.910. The Bertz CT molecular complexity index is 447. The van der Waals surface area contributed by atoms with Gasteiger partial charge in [-0.3, -0.25) is 0 Å². The molecule has 1 aromatic heterocycles. The number of benzene rings is 1. The van der Waals surface area contributed by atoms with Crippen LogP contribution in [-0.4, -0.2) is 25.4 Å². The van der Waals surface area contributed by atoms with Gasteiger partial charge in [0.25, 0.3) is 0 Å². The van der Waals surface area contributed by atoms with Crippen LogP contribution in [-0.2, 0) is 4.74 Å². The van der Waals surface area contributed by atoms with Crippen LogP contribution in [0.4, 0.5) is 0 Å². The molecule has 102 valence electrons. The molecule has 1 heterocycles. The van der Waals surface area contributed by atoms with E-state index in [1.54, 1.807) is 11.3 Å². The molecule has 3 N–H and O–H groups in total. The highest BCUT2D eigenvalue weighted by Crippen LogP contribution is 2.24. The molecule has 0 aliphatic rings. The fourth-order valence-corrected chi connectivity index (χ4v) is 2.29. The molecule has 2 rings (SSSR count). The third-order valence-corrected chi connectivity index (χ3v) is 3.24. The van der Waals surface area contributed by atoms with Crippen molar-refractivity contribution in [2.75, 3.05) is 20.3 Å². The topological polar surface area (TPSA) is 55.5 Å². The predicted molar refractivity (Wildman–Crippen MR) is 80.6 cm³/mol. The molecule has 0 bridgehead atoms. The van der Waals surface area contributed by atoms with Crippen molar-refractivity contribution in [1.29, 1.82) is 0 Å². The second-order valence-corrected chi connectivity index (χ2v) is 4.34. The molecule has 0 aliphatic carbocycles. The smallest absolute Gasteiger partial charge is 0.102 e. The highest BCUT2D eigenvalue weighted by Gasteiger charge is 2.08. The fraction of sp³-hybridized carbons (Fsp3) is 0.385. The van der Waals surface area contributed by atoms with Gasteiger partial charge in [0.05, 0.1) is 6.61 Å². The van der Waals surface area contributed by atoms with E-state index >= 15 is 0 Å². The Morgan fingerprint density at radius 2 is 2.06 bits per heavy atom. The summed E-state index contributed by atoms with van der Waals surface area (Å²) in [5, 5.41) is 13.1. The van der Waals surface area contributed by atoms with Crippen molar-refractivity contribution >= 4 is 33.8 Å². The predicted octanol–water partition coefficient (Wildman–Crippen LogP) is 2.97. The fourth-order valence-electron chi connectivity index (χ4n) is 1.52. The van der Waals surface area contributed by atoms with Crippen LogP contribution < -0.4 is 5.73 Å². The second-order valence-electron chi connectivity index (χ2n) is 3.39. The largest absolute Gasteiger partial charge is 0.386 e. The van der Waals surface area contributed by atoms with Gasteiger partial charge in [-0.15, -0.1) is 23.7 Å². The Kier molecular flexibility index (Phi) is 8.97. The number of ether oxygens (including phenoxy) is 1. The average molecular weight is 290 g/mol. The van der Waals surface area contributed by atoms with Gasteiger partial charge in [-0.05, 0) is 48.5 Å². The van der Waals surface area contributed by atoms with Crippen LogP contribution in [0.3, 0.4) is 0 Å². The number of aliphatic hydroxyl groups excluding tert-OH is 1. The summed E-state index contributed by atoms with van der Waals surface area (Å²) in [4.78, 5) is 0. The van der Waals surface area contributed by atoms with E-state index < -0.39 is 6.10 Å². The van der Waals surface area contributed by atoms with Crippen molar-refractivity contribution in [2.24, 2.45) is 5.73 Å². The van der Waals surface area contributed by atoms with E-state index in [0.29, 0.717) is 13.2 Å². The zero-order chi connectivity index (χ0) is 12.7. The minimum Gasteiger partial charge on any atom is -0.386 e. The number of rotatable bonds is 4. The van der Waals surface area contributed by atoms with Crippen LogP contribution in [0.5, 0.6) is 0 Å². The molecular formula is C13H20ClNO2S. The van der Waals surface area contributed by atoms with Crippen molar-refractivity contribution in [1.82, 2.24) is 0 Å². The van der Waals surface area contributed by atoms with Crippen LogP contribution in [0.2, 0.25) is 0 Å². The standard InChI is InChI=1S/C12H14O2S.CH5N.ClH/c1-2-14-8-11(13)9-3-4-12-10(7-9)5-6-15-12;1-2;/h3-7,11,13H,2,8H2,1H3;2H2,1H3;1H. The first kappa shape index (κ1) is 17.4. The summed E-state index contributed by atoms with van der Waals surface area (Å²) in [5.41, 5.74) is 5.43. The van der Waals surface area contributed by atoms with Gasteiger partial charge in [0.1, 0.15) is 6.10 Å². The first-order chi connectivity index (χ1) is 8.31. The maximum atomic E-state index is 9.83. The molecule has 0 radical (unpaired) electrons. The first-order valence-electron chi connectivity index (χ1n) is 5.62. The molecule has 1 unspecified atom stereocenters. The number of nitrogens with two attached hydrogens (primary N) is 1. The van der Waals surface area contributed by atoms with Gasteiger partial charge in [-0.25, -0.2) is 0 Å². The van der Waals surface area contributed by atoms with Gasteiger partial charge >= 0.3 is 0 Å². The summed E-state index contributed by atoms with van der Waals surface area (Å²) in [7, 11) is 1.50. The molecule has 0 saturated heterocycles. The zero-order valence-electron chi connectivity index (χ0n) is 10.6. The monoisotopic (exact) mass is 289 g/mol. The number of thiophene rings is 1. The summed E-state index contributed by atoms with van der Waals surface area (Å²) in [6.45, 7) is 2.93. The van der Waals surface area contributed by atoms with Crippen LogP contribution in [0.15, 0.2) is 29.6 Å². The molecule has 18 heavy (non-hydrogen) atoms. The summed E-state index contributed by atoms with van der Waals surface area (Å²) in [6, 6.07) is 8.10. The zero-order valence-corrected chi connectivity index (χ0v) is 12.3. The molecular weight excluding hydrogens is 270 g/mol. The normalized spacial score (nSPS) is 11.3. The van der Waals surface area contributed by atoms with Crippen molar-refractivity contribution in [3.63, 3.8) is 0 Å². The van der Waals surface area contributed by atoms with E-state index in [9.17, 15) is 5.11 Å². The molecule has 0 saturated carbocycles. The average Bonchev–Trinajstić information content (AvgIpc) is 2.85. The number of hydrogen-bond donors (Lipinski definition) is 2. The lowest BCUT2D eigenvalue weighted by molar-refractivity contribution is 0.0421. The summed E-state index contributed by atoms with van der Waals surface area (Å²) < 4.78 is 6.45. The van der Waals surface area contributed by atoms with Gasteiger partial charge in [0, 0.05) is 11.3 Å². The maximum absolute atomic E-state index is 9.83. The number of halogens is 1. The molecule has 5 heteroatoms. The van der Waals surface area contributed by atoms with Gasteiger partial charge in [-0.2, -0.15) is 0 Å². The number of hydrogen-bond acceptors (Lipinski definition) is 4. The Labute approximate surface area is 118 Å². The van der Waals surface area contributed by atoms with E-state index in [-0.39, 0.29) is 12.4 Å². The van der Waals surface area contributed by atoms with Crippen LogP contribution in [0.1, 0.15) is 18.6 Å². The van der Waals surface area contributed by atoms with Crippen molar-refractivity contribution in [3.05, 3.63) is 35.2 Å². The van der Waals surface area contributed by atoms with Crippen molar-refractivity contribution in [2.45, 2.75) is 13.0 Å². The van der Waals surface area contributed by atoms with E-state index in [1.807, 2.05) is 25.1 Å². The molecule has 2 aromatic rings. The Morgan fingerprint density at radius 3 is 2.72 bits per heavy atom. The van der Waals surface area contributed by atoms with E-state index in [4.69, 9.17) is 4.74 Å². The lowest BCUT2D eigenvalue weighted by Crippen LogP contribution is -2.06. The SMILES string of the molecule is CCOCC(O)c1ccc2sccc2c1.CN.Cl. The molecule has 0 aliphatic heterocycles. The summed E-state index contributed by atoms with van der Waals surface area (Å²) in [5.74, 6) is 0. The van der Waals surface area contributed by atoms with E-state index in [0.717, 1.165) is 5.56 Å². The van der Waals surface area contributed by atoms with Gasteiger partial charge in [0.15, 0.2) is 0 Å². The van der Waals surface area contributed by atoms with Crippen LogP contribution >= 0.6 is 23.7 Å². The summed E-state index contributed by atoms with van der Waals surface area (Å²) >= 11 is 1.71. The van der Waals surface area contributed by atoms with Crippen molar-refractivity contribution in [3.8, 4) is 0 Å². The maximum Gasteiger partial charge on any atom is 0.102 e. The molecule has 0 amide bonds. The minimum absolute atomic E-state index is 0. The van der Waals surface area contributed by atoms with Gasteiger partial charge < -0.3 is 15.6 Å². The highest BCUT2D eigenvalue weighted by molar-refractivity contribution is 7.17. The van der Waals surface area contributed by atoms with Crippen molar-refractivity contribution < 1.29 is 9.84 Å². The second kappa shape index (κ2) is 9.30. The van der Waals surface area contributed by atoms with Crippen LogP contribution in [0, 0.1) is 0 Å². The third-order valence-electron chi connectivity index (χ3n) is 2.34. The minimum atomic E-state index is -0.519. The summed E-state index contributed by atoms with van der Waals surface area (Å²) in [6.07, 6.45) is -0.519. The highest BCUT2D eigenvalue weighted by atomic mass is 35.5. The number of fused-ring (bicyclic) bond motifs is 1. The Hall–Kier alpha value is -0.650. The molecule has 0 spiro atoms. The number of aliphatic hydroxyl groups is 1. The Balaban J connectivity index is 0.000000917. The van der Waals surface area contributed by atoms with Gasteiger partial charge in [0.2, 0.25) is 0 Å². The lowest BCUT2D eigenvalue weighted by Gasteiger charge is -2.10. The van der Waals surface area contributed by atoms with Crippen LogP contribution in [0.25, 0.3) is 10.1 Å². The molecule has 0 fully saturated rings. The van der Waals surface area contributed by atoms with E-state index in [1.165, 1.54) is 17.1 Å². The Morgan fingerprint density at radius 1 is 1.33 bits per heavy atom.